The van der Waals surface area contributed by atoms with Crippen LogP contribution < -0.4 is 10.5 Å². The minimum atomic E-state index is -1.59. The fourth-order valence-corrected chi connectivity index (χ4v) is 3.17. The Hall–Kier alpha value is -2.02. The molecule has 0 amide bonds. The molecule has 1 aromatic heterocycles. The Morgan fingerprint density at radius 2 is 1.93 bits per heavy atom. The number of carbonyl (C=O) groups is 2. The van der Waals surface area contributed by atoms with E-state index in [-0.39, 0.29) is 17.2 Å². The topological polar surface area (TPSA) is 185 Å². The van der Waals surface area contributed by atoms with Crippen molar-refractivity contribution in [3.8, 4) is 5.75 Å². The lowest BCUT2D eigenvalue weighted by Crippen LogP contribution is -2.60. The maximum absolute atomic E-state index is 12.1. The monoisotopic (exact) mass is 416 g/mol. The number of nitrogens with zero attached hydrogens (tertiary/aromatic N) is 1. The zero-order valence-electron chi connectivity index (χ0n) is 16.0. The van der Waals surface area contributed by atoms with Crippen molar-refractivity contribution in [1.82, 2.24) is 4.57 Å². The number of aromatic nitrogens is 1. The normalized spacial score (nSPS) is 28.1. The third-order valence-electron chi connectivity index (χ3n) is 4.83. The van der Waals surface area contributed by atoms with E-state index in [4.69, 9.17) is 20.3 Å². The fraction of sp³-hybridized carbons (Fsp3) is 0.667. The van der Waals surface area contributed by atoms with E-state index in [0.29, 0.717) is 25.8 Å². The lowest BCUT2D eigenvalue weighted by Gasteiger charge is -2.39. The molecular formula is C18H28N2O9. The van der Waals surface area contributed by atoms with Crippen LogP contribution in [-0.4, -0.2) is 85.2 Å². The average molecular weight is 416 g/mol. The largest absolute Gasteiger partial charge is 0.480 e. The molecule has 0 saturated carbocycles. The summed E-state index contributed by atoms with van der Waals surface area (Å²) in [5.74, 6) is -1.26. The highest BCUT2D eigenvalue weighted by Crippen LogP contribution is 2.28. The number of hydrogen-bond donors (Lipinski definition) is 6. The van der Waals surface area contributed by atoms with Crippen LogP contribution in [0.2, 0.25) is 0 Å². The number of aliphatic hydroxyl groups is 4. The van der Waals surface area contributed by atoms with Crippen molar-refractivity contribution < 1.29 is 44.6 Å². The summed E-state index contributed by atoms with van der Waals surface area (Å²) >= 11 is 0. The van der Waals surface area contributed by atoms with Gasteiger partial charge in [0.1, 0.15) is 36.2 Å². The molecule has 2 rings (SSSR count). The van der Waals surface area contributed by atoms with Crippen molar-refractivity contribution in [2.45, 2.75) is 69.5 Å². The highest BCUT2D eigenvalue weighted by Gasteiger charge is 2.45. The number of ether oxygens (including phenoxy) is 2. The smallest absolute Gasteiger partial charge is 0.320 e. The average Bonchev–Trinajstić information content (AvgIpc) is 3.08. The van der Waals surface area contributed by atoms with Gasteiger partial charge in [0, 0.05) is 19.7 Å². The maximum Gasteiger partial charge on any atom is 0.320 e. The zero-order valence-corrected chi connectivity index (χ0v) is 16.0. The molecule has 11 nitrogen and oxygen atoms in total. The van der Waals surface area contributed by atoms with E-state index in [0.717, 1.165) is 0 Å². The second-order valence-electron chi connectivity index (χ2n) is 7.03. The van der Waals surface area contributed by atoms with Gasteiger partial charge in [-0.05, 0) is 25.3 Å². The number of hydrogen-bond acceptors (Lipinski definition) is 9. The molecule has 29 heavy (non-hydrogen) atoms. The standard InChI is InChI=1S/C18H28N2O9/c1-9(22)13-11(5-7-20(13)6-3-2-4-10(19)17(26)27)28-18-16(25)15(24)14(23)12(8-21)29-18/h5,7,10,12,14-16,18,21,23-25H,2-4,6,8,19H2,1H3,(H,26,27)/t10?,12-,14-,15+,16-,18+/m1/s1. The quantitative estimate of drug-likeness (QED) is 0.193. The van der Waals surface area contributed by atoms with Gasteiger partial charge in [0.05, 0.1) is 6.61 Å². The van der Waals surface area contributed by atoms with E-state index < -0.39 is 49.3 Å². The van der Waals surface area contributed by atoms with Crippen molar-refractivity contribution in [2.75, 3.05) is 6.61 Å². The molecule has 0 spiro atoms. The Kier molecular flexibility index (Phi) is 8.14. The summed E-state index contributed by atoms with van der Waals surface area (Å²) in [6.45, 7) is 1.16. The SMILES string of the molecule is CC(=O)c1c(O[C@H]2O[C@H](CO)[C@@H](O)[C@H](O)[C@H]2O)ccn1CCCCC(N)C(=O)O. The molecule has 0 bridgehead atoms. The Labute approximate surface area is 167 Å². The van der Waals surface area contributed by atoms with Gasteiger partial charge in [-0.25, -0.2) is 0 Å². The molecule has 164 valence electrons. The highest BCUT2D eigenvalue weighted by molar-refractivity contribution is 5.95. The Morgan fingerprint density at radius 1 is 1.24 bits per heavy atom. The molecule has 11 heteroatoms. The first-order valence-corrected chi connectivity index (χ1v) is 9.33. The van der Waals surface area contributed by atoms with Gasteiger partial charge in [-0.15, -0.1) is 0 Å². The molecule has 1 unspecified atom stereocenters. The first-order valence-electron chi connectivity index (χ1n) is 9.33. The number of ketones is 1. The van der Waals surface area contributed by atoms with Gasteiger partial charge >= 0.3 is 5.97 Å². The molecule has 1 aliphatic rings. The maximum atomic E-state index is 12.1. The summed E-state index contributed by atoms with van der Waals surface area (Å²) in [5, 5.41) is 47.8. The number of carboxylic acids is 1. The van der Waals surface area contributed by atoms with Crippen molar-refractivity contribution in [3.05, 3.63) is 18.0 Å². The molecule has 1 aliphatic heterocycles. The molecule has 0 radical (unpaired) electrons. The van der Waals surface area contributed by atoms with Crippen LogP contribution >= 0.6 is 0 Å². The minimum absolute atomic E-state index is 0.115. The molecular weight excluding hydrogens is 388 g/mol. The summed E-state index contributed by atoms with van der Waals surface area (Å²) in [4.78, 5) is 22.8. The molecule has 7 N–H and O–H groups in total. The van der Waals surface area contributed by atoms with Gasteiger partial charge in [-0.2, -0.15) is 0 Å². The second-order valence-corrected chi connectivity index (χ2v) is 7.03. The van der Waals surface area contributed by atoms with Crippen LogP contribution in [0.15, 0.2) is 12.3 Å². The van der Waals surface area contributed by atoms with Crippen molar-refractivity contribution in [2.24, 2.45) is 5.73 Å². The van der Waals surface area contributed by atoms with Gasteiger partial charge in [-0.3, -0.25) is 9.59 Å². The van der Waals surface area contributed by atoms with E-state index in [9.17, 15) is 30.0 Å². The summed E-state index contributed by atoms with van der Waals surface area (Å²) in [6, 6.07) is 0.568. The molecule has 0 aromatic carbocycles. The Morgan fingerprint density at radius 3 is 2.52 bits per heavy atom. The highest BCUT2D eigenvalue weighted by atomic mass is 16.7. The summed E-state index contributed by atoms with van der Waals surface area (Å²) in [5.41, 5.74) is 5.68. The molecule has 6 atom stereocenters. The first kappa shape index (κ1) is 23.3. The van der Waals surface area contributed by atoms with Crippen LogP contribution in [0.1, 0.15) is 36.7 Å². The van der Waals surface area contributed by atoms with Crippen molar-refractivity contribution in [3.63, 3.8) is 0 Å². The van der Waals surface area contributed by atoms with E-state index in [1.54, 1.807) is 10.8 Å². The van der Waals surface area contributed by atoms with Gasteiger partial charge in [0.2, 0.25) is 6.29 Å². The summed E-state index contributed by atoms with van der Waals surface area (Å²) in [7, 11) is 0. The fourth-order valence-electron chi connectivity index (χ4n) is 3.17. The number of nitrogens with two attached hydrogens (primary N) is 1. The van der Waals surface area contributed by atoms with E-state index >= 15 is 0 Å². The number of rotatable bonds is 10. The van der Waals surface area contributed by atoms with Crippen LogP contribution in [0.25, 0.3) is 0 Å². The zero-order chi connectivity index (χ0) is 21.7. The number of aliphatic carboxylic acids is 1. The van der Waals surface area contributed by atoms with Gasteiger partial charge < -0.3 is 45.3 Å². The van der Waals surface area contributed by atoms with E-state index in [2.05, 4.69) is 0 Å². The van der Waals surface area contributed by atoms with Crippen LogP contribution in [0.4, 0.5) is 0 Å². The molecule has 1 saturated heterocycles. The number of unbranched alkanes of at least 4 members (excludes halogenated alkanes) is 1. The Balaban J connectivity index is 2.06. The first-order chi connectivity index (χ1) is 13.7. The van der Waals surface area contributed by atoms with Gasteiger partial charge in [-0.1, -0.05) is 0 Å². The molecule has 2 heterocycles. The number of aliphatic hydroxyl groups excluding tert-OH is 4. The summed E-state index contributed by atoms with van der Waals surface area (Å²) < 4.78 is 12.5. The lowest BCUT2D eigenvalue weighted by atomic mass is 9.99. The van der Waals surface area contributed by atoms with Crippen LogP contribution in [-0.2, 0) is 16.1 Å². The number of Topliss-reactive ketones (excluding diaryl/α,β-unsaturated/α-hetero) is 1. The Bertz CT molecular complexity index is 706. The third-order valence-corrected chi connectivity index (χ3v) is 4.83. The molecule has 1 aromatic rings. The van der Waals surface area contributed by atoms with Crippen LogP contribution in [0, 0.1) is 0 Å². The van der Waals surface area contributed by atoms with Crippen LogP contribution in [0.3, 0.4) is 0 Å². The molecule has 1 fully saturated rings. The summed E-state index contributed by atoms with van der Waals surface area (Å²) in [6.07, 6.45) is -4.17. The predicted molar refractivity (Wildman–Crippen MR) is 98.3 cm³/mol. The van der Waals surface area contributed by atoms with E-state index in [1.807, 2.05) is 0 Å². The molecule has 0 aliphatic carbocycles. The predicted octanol–water partition coefficient (Wildman–Crippen LogP) is -1.55. The van der Waals surface area contributed by atoms with Gasteiger partial charge in [0.15, 0.2) is 11.5 Å². The number of carbonyl (C=O) groups excluding carboxylic acids is 1. The van der Waals surface area contributed by atoms with Crippen molar-refractivity contribution in [1.29, 1.82) is 0 Å². The van der Waals surface area contributed by atoms with Crippen LogP contribution in [0.5, 0.6) is 5.75 Å². The van der Waals surface area contributed by atoms with Gasteiger partial charge in [0.25, 0.3) is 0 Å². The van der Waals surface area contributed by atoms with E-state index in [1.165, 1.54) is 13.0 Å². The second kappa shape index (κ2) is 10.1. The number of aryl methyl sites for hydroxylation is 1. The third kappa shape index (κ3) is 5.53. The number of carboxylic acid groups (broad SMARTS) is 1. The lowest BCUT2D eigenvalue weighted by molar-refractivity contribution is -0.277. The van der Waals surface area contributed by atoms with Crippen molar-refractivity contribution >= 4 is 11.8 Å². The minimum Gasteiger partial charge on any atom is -0.480 e.